The van der Waals surface area contributed by atoms with E-state index in [1.54, 1.807) is 20.3 Å². The van der Waals surface area contributed by atoms with Gasteiger partial charge in [-0.05, 0) is 66.2 Å². The molecule has 0 amide bonds. The van der Waals surface area contributed by atoms with Gasteiger partial charge < -0.3 is 19.4 Å². The van der Waals surface area contributed by atoms with E-state index in [4.69, 9.17) is 19.4 Å². The number of carbonyl (C=O) groups excluding carboxylic acids is 1. The van der Waals surface area contributed by atoms with Crippen LogP contribution < -0.4 is 14.6 Å². The highest BCUT2D eigenvalue weighted by Crippen LogP contribution is 2.32. The number of carbonyl (C=O) groups is 1. The summed E-state index contributed by atoms with van der Waals surface area (Å²) >= 11 is 0. The Kier molecular flexibility index (Phi) is 4.83. The lowest BCUT2D eigenvalue weighted by atomic mass is 10.0. The summed E-state index contributed by atoms with van der Waals surface area (Å²) in [7, 11) is 3.22. The smallest absolute Gasteiger partial charge is 0.118 e. The molecule has 0 radical (unpaired) electrons. The van der Waals surface area contributed by atoms with Gasteiger partial charge in [0.15, 0.2) is 0 Å². The van der Waals surface area contributed by atoms with Crippen LogP contribution in [0.5, 0.6) is 11.5 Å². The lowest BCUT2D eigenvalue weighted by Gasteiger charge is -2.12. The number of fused-ring (bicyclic) bond motifs is 1. The van der Waals surface area contributed by atoms with Gasteiger partial charge in [-0.15, -0.1) is 0 Å². The van der Waals surface area contributed by atoms with Crippen LogP contribution in [0.15, 0.2) is 66.7 Å². The molecular weight excluding hydrogens is 368 g/mol. The molecule has 0 aliphatic heterocycles. The van der Waals surface area contributed by atoms with Crippen LogP contribution in [0.4, 0.5) is 0 Å². The summed E-state index contributed by atoms with van der Waals surface area (Å²) in [6.07, 6.45) is 0. The van der Waals surface area contributed by atoms with Crippen LogP contribution >= 0.6 is 0 Å². The third-order valence-corrected chi connectivity index (χ3v) is 4.63. The molecule has 0 N–H and O–H groups in total. The molecule has 3 aromatic carbocycles. The molecule has 4 aromatic rings. The zero-order valence-electron chi connectivity index (χ0n) is 15.9. The standard InChI is InChI=1S/C23H18N2O4/c1-28-17-8-3-14(4-9-17)21-22(15-5-10-18(29-2)11-6-15)25-20-13-16(23(26)27)7-12-19(20)24-21/h3-13H,1-2H3,(H,26,27)/p-1. The third-order valence-electron chi connectivity index (χ3n) is 4.63. The number of aromatic nitrogens is 2. The van der Waals surface area contributed by atoms with Crippen molar-refractivity contribution >= 4 is 17.0 Å². The summed E-state index contributed by atoms with van der Waals surface area (Å²) < 4.78 is 10.5. The molecule has 0 bridgehead atoms. The number of aromatic carboxylic acids is 1. The number of methoxy groups -OCH3 is 2. The van der Waals surface area contributed by atoms with E-state index in [0.29, 0.717) is 22.4 Å². The van der Waals surface area contributed by atoms with Gasteiger partial charge in [0.2, 0.25) is 0 Å². The average molecular weight is 385 g/mol. The van der Waals surface area contributed by atoms with Crippen molar-refractivity contribution in [3.8, 4) is 34.0 Å². The Balaban J connectivity index is 1.94. The summed E-state index contributed by atoms with van der Waals surface area (Å²) in [6.45, 7) is 0. The highest BCUT2D eigenvalue weighted by atomic mass is 16.5. The van der Waals surface area contributed by atoms with Crippen molar-refractivity contribution in [2.24, 2.45) is 0 Å². The maximum atomic E-state index is 11.2. The maximum Gasteiger partial charge on any atom is 0.118 e. The molecule has 0 spiro atoms. The van der Waals surface area contributed by atoms with Crippen LogP contribution in [0.3, 0.4) is 0 Å². The second-order valence-electron chi connectivity index (χ2n) is 6.37. The van der Waals surface area contributed by atoms with Gasteiger partial charge in [0, 0.05) is 11.1 Å². The molecule has 0 unspecified atom stereocenters. The Morgan fingerprint density at radius 2 is 1.21 bits per heavy atom. The van der Waals surface area contributed by atoms with Crippen LogP contribution in [0.25, 0.3) is 33.5 Å². The fraction of sp³-hybridized carbons (Fsp3) is 0.0870. The summed E-state index contributed by atoms with van der Waals surface area (Å²) in [5.41, 5.74) is 4.17. The summed E-state index contributed by atoms with van der Waals surface area (Å²) in [4.78, 5) is 20.7. The fourth-order valence-electron chi connectivity index (χ4n) is 3.08. The Hall–Kier alpha value is -3.93. The van der Waals surface area contributed by atoms with Crippen molar-refractivity contribution in [1.29, 1.82) is 0 Å². The van der Waals surface area contributed by atoms with Gasteiger partial charge in [-0.3, -0.25) is 0 Å². The lowest BCUT2D eigenvalue weighted by molar-refractivity contribution is -0.255. The molecule has 0 saturated heterocycles. The van der Waals surface area contributed by atoms with Gasteiger partial charge in [-0.1, -0.05) is 6.07 Å². The molecule has 0 saturated carbocycles. The molecule has 6 nitrogen and oxygen atoms in total. The minimum Gasteiger partial charge on any atom is -0.545 e. The van der Waals surface area contributed by atoms with Crippen molar-refractivity contribution in [1.82, 2.24) is 9.97 Å². The number of nitrogens with zero attached hydrogens (tertiary/aromatic N) is 2. The first kappa shape index (κ1) is 18.4. The zero-order valence-corrected chi connectivity index (χ0v) is 15.9. The van der Waals surface area contributed by atoms with Crippen LogP contribution in [0.1, 0.15) is 10.4 Å². The SMILES string of the molecule is COc1ccc(-c2nc3ccc(C(=O)[O-])cc3nc2-c2ccc(OC)cc2)cc1. The molecule has 1 heterocycles. The lowest BCUT2D eigenvalue weighted by Crippen LogP contribution is -2.22. The fourth-order valence-corrected chi connectivity index (χ4v) is 3.08. The Morgan fingerprint density at radius 3 is 1.66 bits per heavy atom. The molecule has 6 heteroatoms. The number of benzene rings is 3. The van der Waals surface area contributed by atoms with Gasteiger partial charge in [-0.2, -0.15) is 0 Å². The predicted molar refractivity (Wildman–Crippen MR) is 108 cm³/mol. The van der Waals surface area contributed by atoms with E-state index < -0.39 is 5.97 Å². The largest absolute Gasteiger partial charge is 0.545 e. The molecule has 0 fully saturated rings. The van der Waals surface area contributed by atoms with Gasteiger partial charge in [0.05, 0.1) is 42.6 Å². The zero-order chi connectivity index (χ0) is 20.4. The van der Waals surface area contributed by atoms with E-state index in [0.717, 1.165) is 22.6 Å². The normalized spacial score (nSPS) is 10.7. The Bertz CT molecular complexity index is 1190. The molecule has 0 aliphatic rings. The minimum absolute atomic E-state index is 0.0599. The number of hydrogen-bond acceptors (Lipinski definition) is 6. The number of carboxylic acid groups (broad SMARTS) is 1. The van der Waals surface area contributed by atoms with E-state index in [1.165, 1.54) is 12.1 Å². The number of rotatable bonds is 5. The Labute approximate surface area is 167 Å². The average Bonchev–Trinajstić information content (AvgIpc) is 2.78. The first-order chi connectivity index (χ1) is 14.1. The van der Waals surface area contributed by atoms with E-state index in [1.807, 2.05) is 48.5 Å². The van der Waals surface area contributed by atoms with Gasteiger partial charge in [0.25, 0.3) is 0 Å². The monoisotopic (exact) mass is 385 g/mol. The second-order valence-corrected chi connectivity index (χ2v) is 6.37. The summed E-state index contributed by atoms with van der Waals surface area (Å²) in [5, 5.41) is 11.2. The molecular formula is C23H17N2O4-. The molecule has 29 heavy (non-hydrogen) atoms. The van der Waals surface area contributed by atoms with E-state index in [9.17, 15) is 9.90 Å². The summed E-state index contributed by atoms with van der Waals surface area (Å²) in [5.74, 6) is 0.221. The molecule has 0 aliphatic carbocycles. The van der Waals surface area contributed by atoms with Gasteiger partial charge in [-0.25, -0.2) is 9.97 Å². The van der Waals surface area contributed by atoms with E-state index >= 15 is 0 Å². The van der Waals surface area contributed by atoms with Crippen LogP contribution in [0.2, 0.25) is 0 Å². The highest BCUT2D eigenvalue weighted by Gasteiger charge is 2.14. The van der Waals surface area contributed by atoms with E-state index in [2.05, 4.69) is 0 Å². The topological polar surface area (TPSA) is 84.4 Å². The quantitative estimate of drug-likeness (QED) is 0.524. The summed E-state index contributed by atoms with van der Waals surface area (Å²) in [6, 6.07) is 19.6. The molecule has 144 valence electrons. The predicted octanol–water partition coefficient (Wildman–Crippen LogP) is 3.34. The minimum atomic E-state index is -1.25. The first-order valence-electron chi connectivity index (χ1n) is 8.91. The van der Waals surface area contributed by atoms with Crippen molar-refractivity contribution < 1.29 is 19.4 Å². The molecule has 0 atom stereocenters. The molecule has 1 aromatic heterocycles. The van der Waals surface area contributed by atoms with Crippen molar-refractivity contribution in [3.63, 3.8) is 0 Å². The van der Waals surface area contributed by atoms with Crippen LogP contribution in [-0.4, -0.2) is 30.2 Å². The highest BCUT2D eigenvalue weighted by molar-refractivity contribution is 5.93. The van der Waals surface area contributed by atoms with Crippen LogP contribution in [-0.2, 0) is 0 Å². The second kappa shape index (κ2) is 7.59. The Morgan fingerprint density at radius 1 is 0.724 bits per heavy atom. The van der Waals surface area contributed by atoms with Crippen molar-refractivity contribution in [2.75, 3.05) is 14.2 Å². The number of carboxylic acids is 1. The van der Waals surface area contributed by atoms with E-state index in [-0.39, 0.29) is 5.56 Å². The van der Waals surface area contributed by atoms with Crippen LogP contribution in [0, 0.1) is 0 Å². The third kappa shape index (κ3) is 3.60. The number of hydrogen-bond donors (Lipinski definition) is 0. The van der Waals surface area contributed by atoms with Crippen molar-refractivity contribution in [3.05, 3.63) is 72.3 Å². The first-order valence-corrected chi connectivity index (χ1v) is 8.91. The number of ether oxygens (including phenoxy) is 2. The maximum absolute atomic E-state index is 11.2. The van der Waals surface area contributed by atoms with Gasteiger partial charge >= 0.3 is 0 Å². The van der Waals surface area contributed by atoms with Crippen molar-refractivity contribution in [2.45, 2.75) is 0 Å². The molecule has 4 rings (SSSR count). The van der Waals surface area contributed by atoms with Gasteiger partial charge in [0.1, 0.15) is 11.5 Å².